The number of aromatic nitrogens is 5. The fourth-order valence-corrected chi connectivity index (χ4v) is 5.78. The van der Waals surface area contributed by atoms with Crippen LogP contribution in [0.5, 0.6) is 0 Å². The van der Waals surface area contributed by atoms with Gasteiger partial charge in [-0.2, -0.15) is 0 Å². The van der Waals surface area contributed by atoms with Crippen molar-refractivity contribution in [3.8, 4) is 0 Å². The number of aryl methyl sites for hydroxylation is 1. The molecule has 39 heavy (non-hydrogen) atoms. The molecule has 1 amide bonds. The molecule has 5 rings (SSSR count). The number of carbonyl (C=O) groups is 2. The Morgan fingerprint density at radius 2 is 1.85 bits per heavy atom. The second kappa shape index (κ2) is 12.4. The van der Waals surface area contributed by atoms with E-state index in [1.54, 1.807) is 12.3 Å². The molecule has 0 unspecified atom stereocenters. The van der Waals surface area contributed by atoms with Gasteiger partial charge in [0.05, 0.1) is 12.8 Å². The monoisotopic (exact) mass is 561 g/mol. The number of nitrogens with one attached hydrogen (secondary N) is 1. The van der Waals surface area contributed by atoms with Crippen LogP contribution in [0.4, 0.5) is 11.6 Å². The number of pyridine rings is 1. The first-order chi connectivity index (χ1) is 18.9. The van der Waals surface area contributed by atoms with Gasteiger partial charge in [0.25, 0.3) is 0 Å². The molecule has 1 aliphatic heterocycles. The Labute approximate surface area is 235 Å². The molecule has 11 heteroatoms. The second-order valence-corrected chi connectivity index (χ2v) is 11.1. The number of carbonyl (C=O) groups excluding carboxylic acids is 2. The number of rotatable bonds is 9. The molecule has 0 spiro atoms. The molecule has 9 nitrogen and oxygen atoms in total. The minimum Gasteiger partial charge on any atom is -0.355 e. The summed E-state index contributed by atoms with van der Waals surface area (Å²) < 4.78 is 0. The SMILES string of the molecule is Cc1ccc(Cl)cc1CC(=O)Cc1nnc(C2CCN(c3ccc(NC(=O)Cc4ccccn4)nn3)CC2)s1. The highest BCUT2D eigenvalue weighted by Crippen LogP contribution is 2.32. The largest absolute Gasteiger partial charge is 0.355 e. The first kappa shape index (κ1) is 26.8. The third-order valence-electron chi connectivity index (χ3n) is 6.68. The third kappa shape index (κ3) is 7.21. The van der Waals surface area contributed by atoms with Crippen molar-refractivity contribution in [2.75, 3.05) is 23.3 Å². The third-order valence-corrected chi connectivity index (χ3v) is 8.00. The summed E-state index contributed by atoms with van der Waals surface area (Å²) in [6, 6.07) is 14.7. The number of nitrogens with zero attached hydrogens (tertiary/aromatic N) is 6. The Morgan fingerprint density at radius 3 is 2.59 bits per heavy atom. The number of benzene rings is 1. The molecule has 0 atom stereocenters. The van der Waals surface area contributed by atoms with Gasteiger partial charge in [0.2, 0.25) is 5.91 Å². The van der Waals surface area contributed by atoms with Gasteiger partial charge in [0, 0.05) is 42.3 Å². The number of amides is 1. The number of hydrogen-bond acceptors (Lipinski definition) is 9. The molecule has 1 saturated heterocycles. The Bertz CT molecular complexity index is 1440. The quantitative estimate of drug-likeness (QED) is 0.315. The molecule has 3 aromatic heterocycles. The first-order valence-electron chi connectivity index (χ1n) is 12.8. The van der Waals surface area contributed by atoms with Crippen LogP contribution in [0.15, 0.2) is 54.7 Å². The van der Waals surface area contributed by atoms with Gasteiger partial charge in [-0.1, -0.05) is 23.7 Å². The van der Waals surface area contributed by atoms with Gasteiger partial charge < -0.3 is 10.2 Å². The summed E-state index contributed by atoms with van der Waals surface area (Å²) in [6.07, 6.45) is 4.29. The van der Waals surface area contributed by atoms with Crippen LogP contribution in [0, 0.1) is 6.92 Å². The van der Waals surface area contributed by atoms with Gasteiger partial charge in [-0.25, -0.2) is 0 Å². The standard InChI is InChI=1S/C28H28ClN7O2S/c1-18-5-6-21(29)14-20(18)15-23(37)17-27-34-35-28(39-27)19-9-12-36(13-10-19)25-8-7-24(32-33-25)31-26(38)16-22-4-2-3-11-30-22/h2-8,11,14,19H,9-10,12-13,15-17H2,1H3,(H,31,32,38). The molecule has 0 aliphatic carbocycles. The van der Waals surface area contributed by atoms with Crippen molar-refractivity contribution in [1.82, 2.24) is 25.4 Å². The molecule has 1 N–H and O–H groups in total. The van der Waals surface area contributed by atoms with Crippen LogP contribution in [-0.2, 0) is 28.9 Å². The molecule has 0 bridgehead atoms. The highest BCUT2D eigenvalue weighted by atomic mass is 35.5. The average Bonchev–Trinajstić information content (AvgIpc) is 3.40. The topological polar surface area (TPSA) is 114 Å². The van der Waals surface area contributed by atoms with Crippen molar-refractivity contribution < 1.29 is 9.59 Å². The van der Waals surface area contributed by atoms with E-state index in [1.807, 2.05) is 49.4 Å². The van der Waals surface area contributed by atoms with E-state index in [9.17, 15) is 9.59 Å². The van der Waals surface area contributed by atoms with E-state index < -0.39 is 0 Å². The normalized spacial score (nSPS) is 13.8. The predicted molar refractivity (Wildman–Crippen MR) is 151 cm³/mol. The van der Waals surface area contributed by atoms with Crippen LogP contribution in [-0.4, -0.2) is 50.2 Å². The summed E-state index contributed by atoms with van der Waals surface area (Å²) in [6.45, 7) is 3.61. The van der Waals surface area contributed by atoms with Crippen molar-refractivity contribution in [3.63, 3.8) is 0 Å². The summed E-state index contributed by atoms with van der Waals surface area (Å²) >= 11 is 7.62. The smallest absolute Gasteiger partial charge is 0.231 e. The lowest BCUT2D eigenvalue weighted by atomic mass is 9.98. The van der Waals surface area contributed by atoms with Crippen molar-refractivity contribution in [1.29, 1.82) is 0 Å². The number of hydrogen-bond donors (Lipinski definition) is 1. The van der Waals surface area contributed by atoms with E-state index in [-0.39, 0.29) is 24.5 Å². The van der Waals surface area contributed by atoms with Crippen molar-refractivity contribution >= 4 is 46.3 Å². The van der Waals surface area contributed by atoms with Gasteiger partial charge >= 0.3 is 0 Å². The van der Waals surface area contributed by atoms with Crippen LogP contribution in [0.3, 0.4) is 0 Å². The Hall–Kier alpha value is -3.76. The van der Waals surface area contributed by atoms with Crippen molar-refractivity contribution in [2.45, 2.75) is 44.9 Å². The molecular weight excluding hydrogens is 534 g/mol. The number of ketones is 1. The molecule has 200 valence electrons. The maximum atomic E-state index is 12.6. The maximum absolute atomic E-state index is 12.6. The van der Waals surface area contributed by atoms with E-state index in [1.165, 1.54) is 11.3 Å². The predicted octanol–water partition coefficient (Wildman–Crippen LogP) is 4.60. The molecule has 4 aromatic rings. The summed E-state index contributed by atoms with van der Waals surface area (Å²) in [7, 11) is 0. The molecule has 0 saturated carbocycles. The zero-order valence-corrected chi connectivity index (χ0v) is 23.1. The Morgan fingerprint density at radius 1 is 1.00 bits per heavy atom. The van der Waals surface area contributed by atoms with E-state index in [0.717, 1.165) is 52.9 Å². The van der Waals surface area contributed by atoms with Crippen LogP contribution in [0.25, 0.3) is 0 Å². The van der Waals surface area contributed by atoms with Gasteiger partial charge in [0.15, 0.2) is 11.6 Å². The summed E-state index contributed by atoms with van der Waals surface area (Å²) in [5.74, 6) is 1.41. The van der Waals surface area contributed by atoms with E-state index in [2.05, 4.69) is 35.6 Å². The zero-order valence-electron chi connectivity index (χ0n) is 21.5. The molecule has 4 heterocycles. The Kier molecular flexibility index (Phi) is 8.53. The highest BCUT2D eigenvalue weighted by Gasteiger charge is 2.25. The van der Waals surface area contributed by atoms with Crippen LogP contribution >= 0.6 is 22.9 Å². The molecule has 1 aliphatic rings. The summed E-state index contributed by atoms with van der Waals surface area (Å²) in [4.78, 5) is 31.2. The number of halogens is 1. The van der Waals surface area contributed by atoms with Crippen LogP contribution in [0.1, 0.15) is 45.6 Å². The number of Topliss-reactive ketones (excluding diaryl/α,β-unsaturated/α-hetero) is 1. The molecular formula is C28H28ClN7O2S. The van der Waals surface area contributed by atoms with Crippen molar-refractivity contribution in [2.24, 2.45) is 0 Å². The summed E-state index contributed by atoms with van der Waals surface area (Å²) in [5, 5.41) is 22.3. The highest BCUT2D eigenvalue weighted by molar-refractivity contribution is 7.11. The molecule has 1 aromatic carbocycles. The molecule has 1 fully saturated rings. The molecule has 0 radical (unpaired) electrons. The van der Waals surface area contributed by atoms with Crippen LogP contribution in [0.2, 0.25) is 5.02 Å². The summed E-state index contributed by atoms with van der Waals surface area (Å²) in [5.41, 5.74) is 2.71. The minimum atomic E-state index is -0.186. The lowest BCUT2D eigenvalue weighted by molar-refractivity contribution is -0.118. The number of piperidine rings is 1. The van der Waals surface area contributed by atoms with Crippen LogP contribution < -0.4 is 10.2 Å². The Balaban J connectivity index is 1.10. The minimum absolute atomic E-state index is 0.104. The lowest BCUT2D eigenvalue weighted by Crippen LogP contribution is -2.33. The van der Waals surface area contributed by atoms with E-state index >= 15 is 0 Å². The number of anilines is 2. The van der Waals surface area contributed by atoms with Gasteiger partial charge in [-0.3, -0.25) is 14.6 Å². The van der Waals surface area contributed by atoms with Gasteiger partial charge in [-0.15, -0.1) is 31.7 Å². The maximum Gasteiger partial charge on any atom is 0.231 e. The lowest BCUT2D eigenvalue weighted by Gasteiger charge is -2.31. The van der Waals surface area contributed by atoms with Gasteiger partial charge in [-0.05, 0) is 67.3 Å². The fourth-order valence-electron chi connectivity index (χ4n) is 4.55. The fraction of sp³-hybridized carbons (Fsp3) is 0.321. The van der Waals surface area contributed by atoms with E-state index in [4.69, 9.17) is 11.6 Å². The van der Waals surface area contributed by atoms with Crippen molar-refractivity contribution in [3.05, 3.63) is 86.6 Å². The van der Waals surface area contributed by atoms with Gasteiger partial charge in [0.1, 0.15) is 15.8 Å². The average molecular weight is 562 g/mol. The van der Waals surface area contributed by atoms with E-state index in [0.29, 0.717) is 28.9 Å². The zero-order chi connectivity index (χ0) is 27.2. The first-order valence-corrected chi connectivity index (χ1v) is 14.0. The second-order valence-electron chi connectivity index (χ2n) is 9.58.